The van der Waals surface area contributed by atoms with Crippen LogP contribution in [0.15, 0.2) is 182 Å². The van der Waals surface area contributed by atoms with E-state index in [1.54, 1.807) is 19.2 Å². The highest BCUT2D eigenvalue weighted by atomic mass is 16.5. The number of pyridine rings is 1. The molecule has 0 unspecified atom stereocenters. The Morgan fingerprint density at radius 3 is 1.95 bits per heavy atom. The molecule has 0 aliphatic carbocycles. The predicted molar refractivity (Wildman–Crippen MR) is 252 cm³/mol. The number of aryl methyl sites for hydroxylation is 4. The van der Waals surface area contributed by atoms with Crippen LogP contribution in [0.3, 0.4) is 0 Å². The minimum absolute atomic E-state index is 0.268. The number of para-hydroxylation sites is 2. The van der Waals surface area contributed by atoms with Crippen molar-refractivity contribution in [2.24, 2.45) is 0 Å². The lowest BCUT2D eigenvalue weighted by Crippen LogP contribution is -2.55. The van der Waals surface area contributed by atoms with Gasteiger partial charge < -0.3 is 14.0 Å². The molecule has 7 aromatic carbocycles. The number of ether oxygens (including phenoxy) is 1. The van der Waals surface area contributed by atoms with E-state index in [-0.39, 0.29) is 12.5 Å². The van der Waals surface area contributed by atoms with Crippen LogP contribution in [0.4, 0.5) is 11.4 Å². The highest BCUT2D eigenvalue weighted by molar-refractivity contribution is 6.78. The van der Waals surface area contributed by atoms with Crippen LogP contribution >= 0.6 is 0 Å². The zero-order valence-electron chi connectivity index (χ0n) is 37.0. The first kappa shape index (κ1) is 33.2. The number of fused-ring (bicyclic) bond motifs is 6. The van der Waals surface area contributed by atoms with Crippen LogP contribution < -0.4 is 15.0 Å². The minimum Gasteiger partial charge on any atom is -0.457 e. The zero-order valence-corrected chi connectivity index (χ0v) is 34.0. The summed E-state index contributed by atoms with van der Waals surface area (Å²) in [7, 11) is 0. The fourth-order valence-electron chi connectivity index (χ4n) is 9.22. The topological polar surface area (TPSA) is 48.1 Å². The van der Waals surface area contributed by atoms with E-state index in [2.05, 4.69) is 151 Å². The molecule has 0 saturated heterocycles. The Labute approximate surface area is 360 Å². The maximum absolute atomic E-state index is 8.22. The Bertz CT molecular complexity index is 3340. The molecule has 4 heterocycles. The molecule has 0 N–H and O–H groups in total. The molecule has 0 atom stereocenters. The lowest BCUT2D eigenvalue weighted by atomic mass is 9.59. The number of imidazole rings is 1. The van der Waals surface area contributed by atoms with Gasteiger partial charge in [-0.05, 0) is 97.8 Å². The van der Waals surface area contributed by atoms with E-state index in [9.17, 15) is 0 Å². The summed E-state index contributed by atoms with van der Waals surface area (Å²) in [5.41, 5.74) is 13.8. The summed E-state index contributed by atoms with van der Waals surface area (Å²) >= 11 is 0. The van der Waals surface area contributed by atoms with Crippen molar-refractivity contribution >= 4 is 45.6 Å². The van der Waals surface area contributed by atoms with Crippen molar-refractivity contribution in [1.82, 2.24) is 19.0 Å². The summed E-state index contributed by atoms with van der Waals surface area (Å²) in [5.74, 6) is 2.65. The van der Waals surface area contributed by atoms with Gasteiger partial charge in [0.15, 0.2) is 0 Å². The molecule has 6 nitrogen and oxygen atoms in total. The van der Waals surface area contributed by atoms with Crippen molar-refractivity contribution in [2.75, 3.05) is 4.81 Å². The Hall–Kier alpha value is -7.64. The number of hydrogen-bond donors (Lipinski definition) is 0. The summed E-state index contributed by atoms with van der Waals surface area (Å²) in [5, 5.41) is 2.04. The Balaban J connectivity index is 1.10. The van der Waals surface area contributed by atoms with Crippen molar-refractivity contribution < 1.29 is 8.85 Å². The summed E-state index contributed by atoms with van der Waals surface area (Å²) in [4.78, 5) is 12.3. The van der Waals surface area contributed by atoms with Crippen LogP contribution in [-0.4, -0.2) is 26.0 Å². The maximum atomic E-state index is 8.22. The van der Waals surface area contributed by atoms with Gasteiger partial charge in [0.1, 0.15) is 23.1 Å². The van der Waals surface area contributed by atoms with E-state index in [0.29, 0.717) is 22.9 Å². The molecule has 10 aromatic rings. The molecule has 0 radical (unpaired) electrons. The van der Waals surface area contributed by atoms with Crippen LogP contribution in [0, 0.1) is 27.6 Å². The number of hydrogen-bond acceptors (Lipinski definition) is 4. The van der Waals surface area contributed by atoms with Gasteiger partial charge in [-0.2, -0.15) is 0 Å². The van der Waals surface area contributed by atoms with Gasteiger partial charge in [-0.3, -0.25) is 4.57 Å². The summed E-state index contributed by atoms with van der Waals surface area (Å²) in [6.45, 7) is 3.63. The third kappa shape index (κ3) is 6.03. The fraction of sp³-hybridized carbons (Fsp3) is 0.0741. The van der Waals surface area contributed by atoms with E-state index < -0.39 is 6.85 Å². The summed E-state index contributed by atoms with van der Waals surface area (Å²) in [6.07, 6.45) is 5.62. The molecule has 61 heavy (non-hydrogen) atoms. The van der Waals surface area contributed by atoms with Crippen molar-refractivity contribution in [1.29, 1.82) is 0 Å². The molecular weight excluding hydrogens is 745 g/mol. The smallest absolute Gasteiger partial charge is 0.422 e. The lowest BCUT2D eigenvalue weighted by Gasteiger charge is -2.41. The quantitative estimate of drug-likeness (QED) is 0.151. The molecule has 292 valence electrons. The summed E-state index contributed by atoms with van der Waals surface area (Å²) in [6, 6.07) is 56.6. The van der Waals surface area contributed by atoms with E-state index >= 15 is 0 Å². The fourth-order valence-corrected chi connectivity index (χ4v) is 9.22. The van der Waals surface area contributed by atoms with Crippen LogP contribution in [0.2, 0.25) is 0 Å². The Morgan fingerprint density at radius 2 is 1.21 bits per heavy atom. The first-order valence-electron chi connectivity index (χ1n) is 22.1. The minimum atomic E-state index is -2.28. The van der Waals surface area contributed by atoms with E-state index in [0.717, 1.165) is 66.8 Å². The van der Waals surface area contributed by atoms with E-state index in [4.69, 9.17) is 18.8 Å². The van der Waals surface area contributed by atoms with Gasteiger partial charge in [-0.1, -0.05) is 126 Å². The third-order valence-electron chi connectivity index (χ3n) is 12.1. The number of aromatic nitrogens is 4. The molecule has 1 aliphatic heterocycles. The van der Waals surface area contributed by atoms with Gasteiger partial charge in [-0.15, -0.1) is 0 Å². The third-order valence-corrected chi connectivity index (χ3v) is 12.1. The van der Waals surface area contributed by atoms with Gasteiger partial charge in [0.25, 0.3) is 0 Å². The second kappa shape index (κ2) is 14.6. The SMILES string of the molecule is [2H]C([2H])([2H])c1cc(-n2c3ccccc3c3ccc(Oc4ccc5c(c4)-c4nccn4B(c4c(C)cccc4C)N5c4c(-c5ccccc5)cccc4-c4ccccc4)cc32)ncc1C. The van der Waals surface area contributed by atoms with Gasteiger partial charge in [-0.25, -0.2) is 9.97 Å². The first-order valence-corrected chi connectivity index (χ1v) is 20.6. The second-order valence-electron chi connectivity index (χ2n) is 15.8. The van der Waals surface area contributed by atoms with Gasteiger partial charge in [0.05, 0.1) is 11.0 Å². The Morgan fingerprint density at radius 1 is 0.557 bits per heavy atom. The first-order chi connectivity index (χ1) is 31.1. The van der Waals surface area contributed by atoms with E-state index in [1.807, 2.05) is 47.2 Å². The molecule has 0 fully saturated rings. The van der Waals surface area contributed by atoms with Crippen molar-refractivity contribution in [3.8, 4) is 51.0 Å². The molecule has 11 rings (SSSR count). The highest BCUT2D eigenvalue weighted by Crippen LogP contribution is 2.49. The summed E-state index contributed by atoms with van der Waals surface area (Å²) < 4.78 is 35.8. The maximum Gasteiger partial charge on any atom is 0.422 e. The standard InChI is InChI=1S/C54H42BN5O/c1-35-15-13-16-36(2)52(35)55-58-30-29-56-54(58)47-32-41(61-42-25-27-46-45-21-11-12-24-48(45)59(50(46)33-42)51-31-37(3)38(4)34-57-51)26-28-49(47)60(55)53-43(39-17-7-5-8-18-39)22-14-23-44(53)40-19-9-6-10-20-40/h5-34H,1-4H3/i3D3. The lowest BCUT2D eigenvalue weighted by molar-refractivity contribution is 0.483. The van der Waals surface area contributed by atoms with Gasteiger partial charge >= 0.3 is 6.98 Å². The molecule has 0 spiro atoms. The van der Waals surface area contributed by atoms with Crippen LogP contribution in [-0.2, 0) is 0 Å². The molecule has 0 bridgehead atoms. The van der Waals surface area contributed by atoms with Gasteiger partial charge in [0.2, 0.25) is 0 Å². The number of rotatable bonds is 7. The van der Waals surface area contributed by atoms with E-state index in [1.165, 1.54) is 16.6 Å². The number of anilines is 2. The van der Waals surface area contributed by atoms with Crippen LogP contribution in [0.1, 0.15) is 26.4 Å². The van der Waals surface area contributed by atoms with Gasteiger partial charge in [0, 0.05) is 67.6 Å². The average molecular weight is 791 g/mol. The highest BCUT2D eigenvalue weighted by Gasteiger charge is 2.41. The van der Waals surface area contributed by atoms with Crippen molar-refractivity contribution in [3.63, 3.8) is 0 Å². The second-order valence-corrected chi connectivity index (χ2v) is 15.8. The average Bonchev–Trinajstić information content (AvgIpc) is 3.93. The largest absolute Gasteiger partial charge is 0.457 e. The normalized spacial score (nSPS) is 13.1. The Kier molecular flexibility index (Phi) is 7.94. The molecule has 0 amide bonds. The predicted octanol–water partition coefficient (Wildman–Crippen LogP) is 12.8. The molecular formula is C54H42BN5O. The molecule has 1 aliphatic rings. The van der Waals surface area contributed by atoms with Crippen LogP contribution in [0.5, 0.6) is 11.5 Å². The molecule has 3 aromatic heterocycles. The zero-order chi connectivity index (χ0) is 43.7. The van der Waals surface area contributed by atoms with Crippen molar-refractivity contribution in [2.45, 2.75) is 27.6 Å². The van der Waals surface area contributed by atoms with Crippen molar-refractivity contribution in [3.05, 3.63) is 205 Å². The number of nitrogens with zero attached hydrogens (tertiary/aromatic N) is 5. The molecule has 7 heteroatoms. The monoisotopic (exact) mass is 790 g/mol. The molecule has 0 saturated carbocycles. The number of benzene rings is 7. The van der Waals surface area contributed by atoms with Crippen LogP contribution in [0.25, 0.3) is 61.3 Å².